The fourth-order valence-electron chi connectivity index (χ4n) is 5.88. The first-order valence-corrected chi connectivity index (χ1v) is 21.0. The lowest BCUT2D eigenvalue weighted by Crippen LogP contribution is -2.59. The Morgan fingerprint density at radius 2 is 1.28 bits per heavy atom. The molecule has 24 heteroatoms. The van der Waals surface area contributed by atoms with Crippen LogP contribution in [0.15, 0.2) is 24.3 Å². The lowest BCUT2D eigenvalue weighted by molar-refractivity contribution is -0.192. The van der Waals surface area contributed by atoms with Crippen LogP contribution >= 0.6 is 0 Å². The minimum atomic E-state index is -5.08. The van der Waals surface area contributed by atoms with Crippen molar-refractivity contribution >= 4 is 53.3 Å². The minimum absolute atomic E-state index is 0.0224. The van der Waals surface area contributed by atoms with E-state index < -0.39 is 115 Å². The van der Waals surface area contributed by atoms with Gasteiger partial charge in [-0.3, -0.25) is 38.4 Å². The number of nitrogens with one attached hydrogen (secondary N) is 5. The largest absolute Gasteiger partial charge is 0.508 e. The van der Waals surface area contributed by atoms with Crippen molar-refractivity contribution in [3.63, 3.8) is 0 Å². The van der Waals surface area contributed by atoms with E-state index in [9.17, 15) is 56.6 Å². The van der Waals surface area contributed by atoms with E-state index in [4.69, 9.17) is 32.2 Å². The van der Waals surface area contributed by atoms with Crippen molar-refractivity contribution in [2.75, 3.05) is 20.1 Å². The van der Waals surface area contributed by atoms with E-state index >= 15 is 0 Å². The standard InChI is InChI=1S/C39H65N9O10.C2HF3O2/c1-7-8-11-27(34(42)53)44-38(57)30(18-22(2)3)48(6)31(50)21-43-39(58)33(23(4)5)47-37(56)29(19-24-13-15-25(49)16-14-24)46-36(55)28(12-9-10-17-40)45-35(54)26(41)20-32(51)52;3-2(4,5)1(6)7/h13-16,22-23,26-30,33,49H,7-12,17-21,40-41H2,1-6H3,(H2,42,53)(H,43,58)(H,44,57)(H,45,54)(H,46,55)(H,47,56)(H,51,52);(H,6,7)/t26-,27-,28-,29-,30-,33-;/m0./s1. The van der Waals surface area contributed by atoms with Gasteiger partial charge in [-0.25, -0.2) is 4.79 Å². The third-order valence-corrected chi connectivity index (χ3v) is 9.59. The van der Waals surface area contributed by atoms with Gasteiger partial charge in [0.1, 0.15) is 36.0 Å². The SMILES string of the molecule is CCCC[C@H](NC(=O)[C@H](CC(C)C)N(C)C(=O)CNC(=O)[C@@H](NC(=O)[C@H](Cc1ccc(O)cc1)NC(=O)[C@H](CCCCN)NC(=O)[C@@H](N)CC(=O)O)C(C)C)C(N)=O.O=C(O)C(F)(F)F. The van der Waals surface area contributed by atoms with E-state index in [1.54, 1.807) is 13.8 Å². The summed E-state index contributed by atoms with van der Waals surface area (Å²) in [6.45, 7) is 8.75. The van der Waals surface area contributed by atoms with E-state index in [1.165, 1.54) is 36.2 Å². The number of benzene rings is 1. The van der Waals surface area contributed by atoms with Crippen LogP contribution in [0.1, 0.15) is 91.5 Å². The predicted octanol–water partition coefficient (Wildman–Crippen LogP) is -0.241. The van der Waals surface area contributed by atoms with Crippen LogP contribution in [0.25, 0.3) is 0 Å². The van der Waals surface area contributed by atoms with Crippen LogP contribution in [0.2, 0.25) is 0 Å². The first-order valence-electron chi connectivity index (χ1n) is 21.0. The first-order chi connectivity index (χ1) is 30.2. The number of amides is 7. The Balaban J connectivity index is 0.00000537. The lowest BCUT2D eigenvalue weighted by atomic mass is 10.00. The van der Waals surface area contributed by atoms with Gasteiger partial charge in [0, 0.05) is 13.5 Å². The molecule has 0 spiro atoms. The van der Waals surface area contributed by atoms with E-state index in [1.807, 2.05) is 20.8 Å². The summed E-state index contributed by atoms with van der Waals surface area (Å²) in [5.74, 6) is -9.69. The maximum absolute atomic E-state index is 13.9. The van der Waals surface area contributed by atoms with Crippen LogP contribution in [0.5, 0.6) is 5.75 Å². The number of carbonyl (C=O) groups is 9. The second-order valence-corrected chi connectivity index (χ2v) is 16.0. The molecule has 1 aromatic rings. The Hall–Kier alpha value is -6.04. The molecular weight excluding hydrogens is 867 g/mol. The van der Waals surface area contributed by atoms with Gasteiger partial charge in [-0.1, -0.05) is 59.6 Å². The van der Waals surface area contributed by atoms with Gasteiger partial charge in [0.15, 0.2) is 0 Å². The number of nitrogens with zero attached hydrogens (tertiary/aromatic N) is 1. The number of hydrogen-bond acceptors (Lipinski definition) is 12. The number of carbonyl (C=O) groups excluding carboxylic acids is 7. The molecule has 65 heavy (non-hydrogen) atoms. The molecule has 0 heterocycles. The number of primary amides is 1. The topological polar surface area (TPSA) is 356 Å². The molecule has 1 aromatic carbocycles. The third kappa shape index (κ3) is 23.5. The molecule has 0 unspecified atom stereocenters. The number of aromatic hydroxyl groups is 1. The van der Waals surface area contributed by atoms with Crippen molar-refractivity contribution < 1.29 is 71.6 Å². The van der Waals surface area contributed by atoms with Gasteiger partial charge in [-0.15, -0.1) is 0 Å². The molecule has 0 aromatic heterocycles. The maximum Gasteiger partial charge on any atom is 0.490 e. The van der Waals surface area contributed by atoms with Gasteiger partial charge in [0.05, 0.1) is 19.0 Å². The van der Waals surface area contributed by atoms with Gasteiger partial charge in [-0.05, 0) is 68.2 Å². The van der Waals surface area contributed by atoms with Crippen molar-refractivity contribution in [3.05, 3.63) is 29.8 Å². The summed E-state index contributed by atoms with van der Waals surface area (Å²) < 4.78 is 31.7. The molecule has 21 nitrogen and oxygen atoms in total. The molecule has 1 rings (SSSR count). The van der Waals surface area contributed by atoms with Crippen molar-refractivity contribution in [3.8, 4) is 5.75 Å². The molecule has 0 aliphatic rings. The minimum Gasteiger partial charge on any atom is -0.508 e. The van der Waals surface area contributed by atoms with Crippen molar-refractivity contribution in [1.82, 2.24) is 31.5 Å². The highest BCUT2D eigenvalue weighted by atomic mass is 19.4. The van der Waals surface area contributed by atoms with Gasteiger partial charge >= 0.3 is 18.1 Å². The van der Waals surface area contributed by atoms with Gasteiger partial charge < -0.3 is 64.0 Å². The number of alkyl halides is 3. The fourth-order valence-corrected chi connectivity index (χ4v) is 5.88. The Labute approximate surface area is 375 Å². The Morgan fingerprint density at radius 1 is 0.754 bits per heavy atom. The molecule has 368 valence electrons. The molecule has 0 bridgehead atoms. The zero-order valence-corrected chi connectivity index (χ0v) is 37.5. The second-order valence-electron chi connectivity index (χ2n) is 16.0. The number of phenolic OH excluding ortho intramolecular Hbond substituents is 1. The Bertz CT molecular complexity index is 1750. The van der Waals surface area contributed by atoms with E-state index in [2.05, 4.69) is 26.6 Å². The highest BCUT2D eigenvalue weighted by molar-refractivity contribution is 5.97. The normalized spacial score (nSPS) is 13.9. The number of likely N-dealkylation sites (N-methyl/N-ethyl adjacent to an activating group) is 1. The summed E-state index contributed by atoms with van der Waals surface area (Å²) in [5.41, 5.74) is 17.4. The average molecular weight is 934 g/mol. The quantitative estimate of drug-likeness (QED) is 0.0508. The molecule has 0 saturated heterocycles. The fraction of sp³-hybridized carbons (Fsp3) is 0.634. The Kier molecular flexibility index (Phi) is 26.7. The first kappa shape index (κ1) is 59.0. The highest BCUT2D eigenvalue weighted by Gasteiger charge is 2.38. The van der Waals surface area contributed by atoms with E-state index in [0.717, 1.165) is 6.42 Å². The monoisotopic (exact) mass is 933 g/mol. The number of unbranched alkanes of at least 4 members (excludes halogenated alkanes) is 2. The molecule has 6 atom stereocenters. The summed E-state index contributed by atoms with van der Waals surface area (Å²) in [6.07, 6.45) is -2.85. The number of carboxylic acid groups (broad SMARTS) is 2. The smallest absolute Gasteiger partial charge is 0.490 e. The number of rotatable bonds is 27. The zero-order chi connectivity index (χ0) is 50.2. The molecule has 0 radical (unpaired) electrons. The van der Waals surface area contributed by atoms with Crippen molar-refractivity contribution in [2.24, 2.45) is 29.0 Å². The van der Waals surface area contributed by atoms with Crippen molar-refractivity contribution in [2.45, 2.75) is 135 Å². The van der Waals surface area contributed by atoms with Crippen LogP contribution in [-0.4, -0.2) is 136 Å². The number of nitrogens with two attached hydrogens (primary N) is 3. The summed E-state index contributed by atoms with van der Waals surface area (Å²) in [4.78, 5) is 114. The summed E-state index contributed by atoms with van der Waals surface area (Å²) in [5, 5.41) is 38.9. The van der Waals surface area contributed by atoms with Crippen molar-refractivity contribution in [1.29, 1.82) is 0 Å². The number of carboxylic acids is 2. The van der Waals surface area contributed by atoms with Crippen LogP contribution in [0.3, 0.4) is 0 Å². The summed E-state index contributed by atoms with van der Waals surface area (Å²) in [6, 6.07) is -1.23. The molecule has 0 saturated carbocycles. The summed E-state index contributed by atoms with van der Waals surface area (Å²) >= 11 is 0. The second kappa shape index (κ2) is 29.4. The third-order valence-electron chi connectivity index (χ3n) is 9.59. The molecule has 0 fully saturated rings. The predicted molar refractivity (Wildman–Crippen MR) is 229 cm³/mol. The van der Waals surface area contributed by atoms with E-state index in [0.29, 0.717) is 37.8 Å². The molecule has 14 N–H and O–H groups in total. The lowest BCUT2D eigenvalue weighted by Gasteiger charge is -2.30. The number of hydrogen-bond donors (Lipinski definition) is 11. The highest BCUT2D eigenvalue weighted by Crippen LogP contribution is 2.15. The van der Waals surface area contributed by atoms with E-state index in [-0.39, 0.29) is 30.9 Å². The summed E-state index contributed by atoms with van der Waals surface area (Å²) in [7, 11) is 1.41. The van der Waals surface area contributed by atoms with Crippen LogP contribution in [0, 0.1) is 11.8 Å². The molecule has 7 amide bonds. The number of halogens is 3. The van der Waals surface area contributed by atoms with Crippen LogP contribution in [0.4, 0.5) is 13.2 Å². The number of phenols is 1. The van der Waals surface area contributed by atoms with Gasteiger partial charge in [-0.2, -0.15) is 13.2 Å². The van der Waals surface area contributed by atoms with Crippen LogP contribution < -0.4 is 43.8 Å². The van der Waals surface area contributed by atoms with Crippen LogP contribution in [-0.2, 0) is 49.6 Å². The average Bonchev–Trinajstić information content (AvgIpc) is 3.21. The number of aliphatic carboxylic acids is 2. The molecule has 0 aliphatic carbocycles. The van der Waals surface area contributed by atoms with Gasteiger partial charge in [0.25, 0.3) is 0 Å². The maximum atomic E-state index is 13.9. The van der Waals surface area contributed by atoms with Gasteiger partial charge in [0.2, 0.25) is 41.4 Å². The zero-order valence-electron chi connectivity index (χ0n) is 37.5. The molecule has 0 aliphatic heterocycles. The Morgan fingerprint density at radius 3 is 1.75 bits per heavy atom. The molecular formula is C41H66F3N9O12.